The Bertz CT molecular complexity index is 794. The lowest BCUT2D eigenvalue weighted by Gasteiger charge is -2.34. The number of carbonyl (C=O) groups is 2. The van der Waals surface area contributed by atoms with Gasteiger partial charge in [0, 0.05) is 29.3 Å². The zero-order valence-electron chi connectivity index (χ0n) is 14.1. The number of halogens is 1. The maximum Gasteiger partial charge on any atom is 0.315 e. The SMILES string of the molecule is C=CCOC(=O)C1C(C)=NC2=C(C(=O)CCC2)C1c1cccc(F)c1. The summed E-state index contributed by atoms with van der Waals surface area (Å²) < 4.78 is 19.0. The highest BCUT2D eigenvalue weighted by atomic mass is 19.1. The number of rotatable bonds is 4. The van der Waals surface area contributed by atoms with E-state index in [1.54, 1.807) is 19.1 Å². The smallest absolute Gasteiger partial charge is 0.315 e. The number of Topliss-reactive ketones (excluding diaryl/α,β-unsaturated/α-hetero) is 1. The van der Waals surface area contributed by atoms with Crippen LogP contribution in [-0.4, -0.2) is 24.1 Å². The molecular formula is C20H20FNO3. The highest BCUT2D eigenvalue weighted by Crippen LogP contribution is 2.43. The van der Waals surface area contributed by atoms with Crippen molar-refractivity contribution in [2.24, 2.45) is 10.9 Å². The quantitative estimate of drug-likeness (QED) is 0.619. The van der Waals surface area contributed by atoms with Crippen LogP contribution in [0.3, 0.4) is 0 Å². The molecule has 0 bridgehead atoms. The molecular weight excluding hydrogens is 321 g/mol. The van der Waals surface area contributed by atoms with Gasteiger partial charge in [0.15, 0.2) is 5.78 Å². The maximum absolute atomic E-state index is 13.8. The van der Waals surface area contributed by atoms with Gasteiger partial charge in [-0.1, -0.05) is 24.8 Å². The van der Waals surface area contributed by atoms with E-state index in [4.69, 9.17) is 4.74 Å². The molecule has 5 heteroatoms. The fraction of sp³-hybridized carbons (Fsp3) is 0.350. The summed E-state index contributed by atoms with van der Waals surface area (Å²) in [5.41, 5.74) is 2.44. The van der Waals surface area contributed by atoms with Crippen molar-refractivity contribution in [3.8, 4) is 0 Å². The van der Waals surface area contributed by atoms with Crippen LogP contribution in [0.1, 0.15) is 37.7 Å². The Morgan fingerprint density at radius 2 is 2.24 bits per heavy atom. The van der Waals surface area contributed by atoms with Crippen LogP contribution in [0.25, 0.3) is 0 Å². The predicted octanol–water partition coefficient (Wildman–Crippen LogP) is 3.74. The standard InChI is InChI=1S/C20H20FNO3/c1-3-10-25-20(24)17-12(2)22-15-8-5-9-16(23)19(15)18(17)13-6-4-7-14(21)11-13/h3-4,6-7,11,17-18H,1,5,8-10H2,2H3. The molecule has 4 nitrogen and oxygen atoms in total. The molecule has 1 aromatic carbocycles. The molecule has 0 amide bonds. The normalized spacial score (nSPS) is 23.0. The minimum Gasteiger partial charge on any atom is -0.461 e. The van der Waals surface area contributed by atoms with Crippen LogP contribution in [0.15, 0.2) is 53.2 Å². The van der Waals surface area contributed by atoms with Crippen molar-refractivity contribution >= 4 is 17.5 Å². The van der Waals surface area contributed by atoms with Gasteiger partial charge < -0.3 is 4.74 Å². The Balaban J connectivity index is 2.12. The van der Waals surface area contributed by atoms with Crippen molar-refractivity contribution < 1.29 is 18.7 Å². The van der Waals surface area contributed by atoms with E-state index in [1.165, 1.54) is 18.2 Å². The third kappa shape index (κ3) is 3.31. The molecule has 1 aliphatic carbocycles. The highest BCUT2D eigenvalue weighted by Gasteiger charge is 2.43. The van der Waals surface area contributed by atoms with Crippen LogP contribution in [-0.2, 0) is 14.3 Å². The van der Waals surface area contributed by atoms with E-state index >= 15 is 0 Å². The zero-order chi connectivity index (χ0) is 18.0. The van der Waals surface area contributed by atoms with Gasteiger partial charge in [-0.05, 0) is 37.5 Å². The van der Waals surface area contributed by atoms with E-state index in [-0.39, 0.29) is 12.4 Å². The number of hydrogen-bond acceptors (Lipinski definition) is 4. The minimum absolute atomic E-state index is 0.0201. The first kappa shape index (κ1) is 17.3. The maximum atomic E-state index is 13.8. The van der Waals surface area contributed by atoms with E-state index in [0.29, 0.717) is 29.7 Å². The fourth-order valence-corrected chi connectivity index (χ4v) is 3.60. The second-order valence-corrected chi connectivity index (χ2v) is 6.32. The molecule has 1 heterocycles. The minimum atomic E-state index is -0.734. The average Bonchev–Trinajstić information content (AvgIpc) is 2.58. The summed E-state index contributed by atoms with van der Waals surface area (Å²) in [6, 6.07) is 6.05. The van der Waals surface area contributed by atoms with Crippen LogP contribution in [0.4, 0.5) is 4.39 Å². The van der Waals surface area contributed by atoms with Crippen LogP contribution >= 0.6 is 0 Å². The van der Waals surface area contributed by atoms with Crippen molar-refractivity contribution in [3.63, 3.8) is 0 Å². The van der Waals surface area contributed by atoms with Crippen LogP contribution in [0.5, 0.6) is 0 Å². The lowest BCUT2D eigenvalue weighted by Crippen LogP contribution is -2.37. The summed E-state index contributed by atoms with van der Waals surface area (Å²) in [5, 5.41) is 0. The molecule has 0 spiro atoms. The lowest BCUT2D eigenvalue weighted by molar-refractivity contribution is -0.145. The van der Waals surface area contributed by atoms with E-state index in [1.807, 2.05) is 0 Å². The number of benzene rings is 1. The molecule has 0 saturated heterocycles. The molecule has 130 valence electrons. The highest BCUT2D eigenvalue weighted by molar-refractivity contribution is 6.08. The third-order valence-corrected chi connectivity index (χ3v) is 4.64. The number of carbonyl (C=O) groups excluding carboxylic acids is 2. The topological polar surface area (TPSA) is 55.7 Å². The molecule has 0 N–H and O–H groups in total. The number of nitrogens with zero attached hydrogens (tertiary/aromatic N) is 1. The summed E-state index contributed by atoms with van der Waals surface area (Å²) in [7, 11) is 0. The molecule has 1 aliphatic heterocycles. The summed E-state index contributed by atoms with van der Waals surface area (Å²) >= 11 is 0. The van der Waals surface area contributed by atoms with Gasteiger partial charge >= 0.3 is 5.97 Å². The number of aliphatic imine (C=N–C) groups is 1. The Morgan fingerprint density at radius 3 is 2.96 bits per heavy atom. The lowest BCUT2D eigenvalue weighted by atomic mass is 9.72. The Labute approximate surface area is 146 Å². The molecule has 0 radical (unpaired) electrons. The van der Waals surface area contributed by atoms with Crippen molar-refractivity contribution in [3.05, 3.63) is 59.6 Å². The summed E-state index contributed by atoms with van der Waals surface area (Å²) in [4.78, 5) is 29.8. The number of ketones is 1. The number of hydrogen-bond donors (Lipinski definition) is 0. The van der Waals surface area contributed by atoms with Gasteiger partial charge in [-0.15, -0.1) is 0 Å². The monoisotopic (exact) mass is 341 g/mol. The Hall–Kier alpha value is -2.56. The van der Waals surface area contributed by atoms with Gasteiger partial charge in [-0.2, -0.15) is 0 Å². The van der Waals surface area contributed by atoms with Gasteiger partial charge in [0.1, 0.15) is 18.3 Å². The van der Waals surface area contributed by atoms with Crippen molar-refractivity contribution in [1.82, 2.24) is 0 Å². The molecule has 0 fully saturated rings. The number of ether oxygens (including phenoxy) is 1. The fourth-order valence-electron chi connectivity index (χ4n) is 3.60. The van der Waals surface area contributed by atoms with E-state index in [0.717, 1.165) is 12.1 Å². The number of allylic oxidation sites excluding steroid dienone is 2. The van der Waals surface area contributed by atoms with Gasteiger partial charge in [-0.3, -0.25) is 14.6 Å². The molecule has 0 aromatic heterocycles. The first-order valence-electron chi connectivity index (χ1n) is 8.37. The summed E-state index contributed by atoms with van der Waals surface area (Å²) in [6.07, 6.45) is 3.35. The van der Waals surface area contributed by atoms with E-state index in [9.17, 15) is 14.0 Å². The van der Waals surface area contributed by atoms with Crippen LogP contribution < -0.4 is 0 Å². The molecule has 0 saturated carbocycles. The first-order valence-corrected chi connectivity index (χ1v) is 8.37. The van der Waals surface area contributed by atoms with Crippen LogP contribution in [0.2, 0.25) is 0 Å². The molecule has 2 aliphatic rings. The van der Waals surface area contributed by atoms with E-state index < -0.39 is 23.6 Å². The van der Waals surface area contributed by atoms with Gasteiger partial charge in [-0.25, -0.2) is 4.39 Å². The van der Waals surface area contributed by atoms with Crippen molar-refractivity contribution in [2.45, 2.75) is 32.1 Å². The predicted molar refractivity (Wildman–Crippen MR) is 92.8 cm³/mol. The molecule has 1 aromatic rings. The first-order chi connectivity index (χ1) is 12.0. The second kappa shape index (κ2) is 7.13. The molecule has 2 unspecified atom stereocenters. The van der Waals surface area contributed by atoms with Gasteiger partial charge in [0.05, 0.1) is 0 Å². The zero-order valence-corrected chi connectivity index (χ0v) is 14.1. The molecule has 2 atom stereocenters. The van der Waals surface area contributed by atoms with Gasteiger partial charge in [0.25, 0.3) is 0 Å². The largest absolute Gasteiger partial charge is 0.461 e. The second-order valence-electron chi connectivity index (χ2n) is 6.32. The average molecular weight is 341 g/mol. The Morgan fingerprint density at radius 1 is 1.44 bits per heavy atom. The third-order valence-electron chi connectivity index (χ3n) is 4.64. The van der Waals surface area contributed by atoms with Crippen molar-refractivity contribution in [2.75, 3.05) is 6.61 Å². The summed E-state index contributed by atoms with van der Waals surface area (Å²) in [5.74, 6) is -2.19. The van der Waals surface area contributed by atoms with Gasteiger partial charge in [0.2, 0.25) is 0 Å². The molecule has 3 rings (SSSR count). The van der Waals surface area contributed by atoms with Crippen molar-refractivity contribution in [1.29, 1.82) is 0 Å². The summed E-state index contributed by atoms with van der Waals surface area (Å²) in [6.45, 7) is 5.38. The number of esters is 1. The van der Waals surface area contributed by atoms with Crippen LogP contribution in [0, 0.1) is 11.7 Å². The molecule has 25 heavy (non-hydrogen) atoms. The Kier molecular flexibility index (Phi) is 4.93. The van der Waals surface area contributed by atoms with E-state index in [2.05, 4.69) is 11.6 Å².